The van der Waals surface area contributed by atoms with E-state index in [-0.39, 0.29) is 29.2 Å². The molecule has 0 aliphatic carbocycles. The summed E-state index contributed by atoms with van der Waals surface area (Å²) in [5, 5.41) is 0. The van der Waals surface area contributed by atoms with Crippen molar-refractivity contribution in [1.82, 2.24) is 4.90 Å². The Morgan fingerprint density at radius 1 is 1.24 bits per heavy atom. The van der Waals surface area contributed by atoms with Crippen LogP contribution in [0, 0.1) is 0 Å². The van der Waals surface area contributed by atoms with Gasteiger partial charge in [0.1, 0.15) is 0 Å². The summed E-state index contributed by atoms with van der Waals surface area (Å²) in [4.78, 5) is 26.7. The Morgan fingerprint density at radius 3 is 2.52 bits per heavy atom. The van der Waals surface area contributed by atoms with E-state index < -0.39 is 28.3 Å². The molecule has 0 saturated carbocycles. The summed E-state index contributed by atoms with van der Waals surface area (Å²) in [6.45, 7) is 5.63. The van der Waals surface area contributed by atoms with Crippen LogP contribution >= 0.6 is 0 Å². The maximum Gasteiger partial charge on any atom is 0.338 e. The smallest absolute Gasteiger partial charge is 0.338 e. The van der Waals surface area contributed by atoms with E-state index in [1.54, 1.807) is 11.0 Å². The van der Waals surface area contributed by atoms with E-state index >= 15 is 0 Å². The zero-order valence-electron chi connectivity index (χ0n) is 17.3. The molecule has 1 heterocycles. The van der Waals surface area contributed by atoms with Crippen molar-refractivity contribution in [2.24, 2.45) is 0 Å². The third kappa shape index (κ3) is 5.85. The van der Waals surface area contributed by atoms with Crippen LogP contribution in [-0.2, 0) is 19.4 Å². The monoisotopic (exact) mass is 427 g/mol. The molecule has 1 aliphatic rings. The predicted molar refractivity (Wildman–Crippen MR) is 108 cm³/mol. The van der Waals surface area contributed by atoms with Gasteiger partial charge in [-0.15, -0.1) is 0 Å². The van der Waals surface area contributed by atoms with Gasteiger partial charge in [-0.05, 0) is 44.9 Å². The van der Waals surface area contributed by atoms with Crippen molar-refractivity contribution in [1.29, 1.82) is 0 Å². The van der Waals surface area contributed by atoms with Crippen molar-refractivity contribution in [3.05, 3.63) is 23.8 Å². The van der Waals surface area contributed by atoms with E-state index in [0.29, 0.717) is 30.9 Å². The van der Waals surface area contributed by atoms with Gasteiger partial charge < -0.3 is 19.1 Å². The summed E-state index contributed by atoms with van der Waals surface area (Å²) in [6, 6.07) is 4.11. The second kappa shape index (κ2) is 9.96. The summed E-state index contributed by atoms with van der Waals surface area (Å²) < 4.78 is 39.5. The van der Waals surface area contributed by atoms with Gasteiger partial charge in [0.2, 0.25) is 0 Å². The first kappa shape index (κ1) is 23.0. The summed E-state index contributed by atoms with van der Waals surface area (Å²) in [7, 11) is -1.67. The molecule has 1 aliphatic heterocycles. The average Bonchev–Trinajstić information content (AvgIpc) is 3.05. The quantitative estimate of drug-likeness (QED) is 0.556. The summed E-state index contributed by atoms with van der Waals surface area (Å²) >= 11 is 0. The molecule has 0 radical (unpaired) electrons. The van der Waals surface area contributed by atoms with Gasteiger partial charge in [0.15, 0.2) is 27.9 Å². The molecule has 2 atom stereocenters. The molecule has 0 bridgehead atoms. The first-order valence-corrected chi connectivity index (χ1v) is 11.5. The van der Waals surface area contributed by atoms with E-state index in [9.17, 15) is 18.0 Å². The molecule has 0 unspecified atom stereocenters. The predicted octanol–water partition coefficient (Wildman–Crippen LogP) is 2.06. The van der Waals surface area contributed by atoms with Gasteiger partial charge in [0.25, 0.3) is 5.91 Å². The van der Waals surface area contributed by atoms with Crippen LogP contribution in [0.3, 0.4) is 0 Å². The number of sulfone groups is 1. The molecular formula is C20H29NO7S. The third-order valence-electron chi connectivity index (χ3n) is 4.98. The molecule has 2 rings (SSSR count). The van der Waals surface area contributed by atoms with Gasteiger partial charge in [-0.3, -0.25) is 4.79 Å². The number of rotatable bonds is 9. The minimum atomic E-state index is -3.13. The number of carbonyl (C=O) groups is 2. The Hall–Kier alpha value is -2.29. The van der Waals surface area contributed by atoms with Gasteiger partial charge in [-0.2, -0.15) is 0 Å². The van der Waals surface area contributed by atoms with E-state index in [1.165, 1.54) is 19.2 Å². The molecule has 0 N–H and O–H groups in total. The lowest BCUT2D eigenvalue weighted by molar-refractivity contribution is -0.138. The topological polar surface area (TPSA) is 99.2 Å². The maximum absolute atomic E-state index is 12.7. The highest BCUT2D eigenvalue weighted by Crippen LogP contribution is 2.28. The summed E-state index contributed by atoms with van der Waals surface area (Å²) in [5.41, 5.74) is 0.233. The number of nitrogens with zero attached hydrogens (tertiary/aromatic N) is 1. The van der Waals surface area contributed by atoms with Crippen LogP contribution in [0.5, 0.6) is 11.5 Å². The highest BCUT2D eigenvalue weighted by Gasteiger charge is 2.36. The number of hydrogen-bond donors (Lipinski definition) is 0. The van der Waals surface area contributed by atoms with Crippen LogP contribution in [0.25, 0.3) is 0 Å². The first-order valence-electron chi connectivity index (χ1n) is 9.71. The SMILES string of the molecule is CCOc1ccc(C(=O)OCC(=O)N([C@H]2CCS(=O)(=O)C2)[C@H](C)CC)cc1OC. The summed E-state index contributed by atoms with van der Waals surface area (Å²) in [6.07, 6.45) is 1.08. The Balaban J connectivity index is 2.06. The molecule has 1 aromatic rings. The fraction of sp³-hybridized carbons (Fsp3) is 0.600. The molecule has 8 nitrogen and oxygen atoms in total. The molecule has 1 aromatic carbocycles. The lowest BCUT2D eigenvalue weighted by Crippen LogP contribution is -2.48. The molecule has 9 heteroatoms. The van der Waals surface area contributed by atoms with Crippen LogP contribution in [-0.4, -0.2) is 69.1 Å². The van der Waals surface area contributed by atoms with Crippen LogP contribution in [0.1, 0.15) is 44.0 Å². The van der Waals surface area contributed by atoms with Crippen molar-refractivity contribution in [3.8, 4) is 11.5 Å². The van der Waals surface area contributed by atoms with Gasteiger partial charge in [0.05, 0.1) is 30.8 Å². The van der Waals surface area contributed by atoms with E-state index in [0.717, 1.165) is 0 Å². The molecule has 0 spiro atoms. The minimum absolute atomic E-state index is 0.0485. The van der Waals surface area contributed by atoms with E-state index in [2.05, 4.69) is 0 Å². The van der Waals surface area contributed by atoms with Crippen molar-refractivity contribution in [2.75, 3.05) is 31.8 Å². The van der Waals surface area contributed by atoms with Crippen molar-refractivity contribution in [2.45, 2.75) is 45.7 Å². The average molecular weight is 428 g/mol. The highest BCUT2D eigenvalue weighted by molar-refractivity contribution is 7.91. The van der Waals surface area contributed by atoms with Crippen molar-refractivity contribution in [3.63, 3.8) is 0 Å². The maximum atomic E-state index is 12.7. The zero-order valence-corrected chi connectivity index (χ0v) is 18.2. The molecule has 1 saturated heterocycles. The zero-order chi connectivity index (χ0) is 21.6. The number of esters is 1. The lowest BCUT2D eigenvalue weighted by Gasteiger charge is -2.33. The number of carbonyl (C=O) groups excluding carboxylic acids is 2. The van der Waals surface area contributed by atoms with Gasteiger partial charge in [-0.1, -0.05) is 6.92 Å². The number of benzene rings is 1. The number of hydrogen-bond acceptors (Lipinski definition) is 7. The molecule has 0 aromatic heterocycles. The highest BCUT2D eigenvalue weighted by atomic mass is 32.2. The Morgan fingerprint density at radius 2 is 1.97 bits per heavy atom. The Bertz CT molecular complexity index is 837. The molecule has 1 fully saturated rings. The number of methoxy groups -OCH3 is 1. The van der Waals surface area contributed by atoms with Gasteiger partial charge >= 0.3 is 5.97 Å². The van der Waals surface area contributed by atoms with Crippen LogP contribution in [0.4, 0.5) is 0 Å². The third-order valence-corrected chi connectivity index (χ3v) is 6.73. The Labute approximate surface area is 172 Å². The molecule has 162 valence electrons. The second-order valence-electron chi connectivity index (χ2n) is 6.99. The molecule has 1 amide bonds. The van der Waals surface area contributed by atoms with Crippen LogP contribution in [0.2, 0.25) is 0 Å². The van der Waals surface area contributed by atoms with Gasteiger partial charge in [0, 0.05) is 12.1 Å². The molecule has 29 heavy (non-hydrogen) atoms. The lowest BCUT2D eigenvalue weighted by atomic mass is 10.1. The Kier molecular flexibility index (Phi) is 7.89. The largest absolute Gasteiger partial charge is 0.493 e. The van der Waals surface area contributed by atoms with E-state index in [4.69, 9.17) is 14.2 Å². The standard InChI is InChI=1S/C20H29NO7S/c1-5-14(3)21(16-9-10-29(24,25)13-16)19(22)12-28-20(23)15-7-8-17(27-6-2)18(11-15)26-4/h7-8,11,14,16H,5-6,9-10,12-13H2,1-4H3/t14-,16+/m1/s1. The number of ether oxygens (including phenoxy) is 3. The van der Waals surface area contributed by atoms with Crippen molar-refractivity contribution < 1.29 is 32.2 Å². The normalized spacial score (nSPS) is 18.7. The van der Waals surface area contributed by atoms with Crippen LogP contribution < -0.4 is 9.47 Å². The van der Waals surface area contributed by atoms with Gasteiger partial charge in [-0.25, -0.2) is 13.2 Å². The minimum Gasteiger partial charge on any atom is -0.493 e. The number of amides is 1. The fourth-order valence-corrected chi connectivity index (χ4v) is 5.07. The first-order chi connectivity index (χ1) is 13.7. The van der Waals surface area contributed by atoms with E-state index in [1.807, 2.05) is 20.8 Å². The summed E-state index contributed by atoms with van der Waals surface area (Å²) in [5.74, 6) is -0.134. The van der Waals surface area contributed by atoms with Crippen molar-refractivity contribution >= 4 is 21.7 Å². The van der Waals surface area contributed by atoms with Crippen LogP contribution in [0.15, 0.2) is 18.2 Å². The fourth-order valence-electron chi connectivity index (χ4n) is 3.36. The molecular weight excluding hydrogens is 398 g/mol. The second-order valence-corrected chi connectivity index (χ2v) is 9.22.